The van der Waals surface area contributed by atoms with E-state index in [0.29, 0.717) is 61.2 Å². The summed E-state index contributed by atoms with van der Waals surface area (Å²) < 4.78 is 47.6. The molecule has 222 valence electrons. The third kappa shape index (κ3) is 6.14. The van der Waals surface area contributed by atoms with E-state index >= 15 is 0 Å². The molecule has 2 aromatic heterocycles. The number of carboxylic acids is 1. The van der Waals surface area contributed by atoms with Gasteiger partial charge in [-0.05, 0) is 43.0 Å². The number of carbonyl (C=O) groups is 2. The minimum Gasteiger partial charge on any atom is -0.477 e. The molecule has 42 heavy (non-hydrogen) atoms. The number of thioether (sulfide) groups is 1. The van der Waals surface area contributed by atoms with Gasteiger partial charge in [-0.15, -0.1) is 11.8 Å². The van der Waals surface area contributed by atoms with Gasteiger partial charge in [-0.25, -0.2) is 14.6 Å². The van der Waals surface area contributed by atoms with Crippen LogP contribution in [-0.4, -0.2) is 69.4 Å². The first kappa shape index (κ1) is 29.6. The second kappa shape index (κ2) is 12.1. The van der Waals surface area contributed by atoms with E-state index in [-0.39, 0.29) is 33.6 Å². The Morgan fingerprint density at radius 3 is 2.62 bits per heavy atom. The number of carboxylic acid groups (broad SMARTS) is 1. The number of pyridine rings is 2. The molecule has 2 aliphatic rings. The van der Waals surface area contributed by atoms with Crippen LogP contribution in [0.4, 0.5) is 23.8 Å². The standard InChI is InChI=1S/C28H28F3N5O5S/c1-2-7-32-27(40)35-23-11-17(25-34-22(14-42-25)28(29,30)31)19(12-33-23)15-3-4-21-18(10-15)24(37)20(26(38)39)13-36(21)16-5-8-41-9-6-16/h3-4,10-13,16,22H,2,5-9,14H2,1H3,(H,38,39)(H2,32,33,35,40). The molecule has 2 amide bonds. The van der Waals surface area contributed by atoms with Gasteiger partial charge in [-0.2, -0.15) is 13.2 Å². The van der Waals surface area contributed by atoms with Gasteiger partial charge in [0.1, 0.15) is 11.4 Å². The van der Waals surface area contributed by atoms with Crippen molar-refractivity contribution < 1.29 is 32.6 Å². The lowest BCUT2D eigenvalue weighted by atomic mass is 9.98. The zero-order chi connectivity index (χ0) is 30.0. The first-order valence-electron chi connectivity index (χ1n) is 13.4. The second-order valence-electron chi connectivity index (χ2n) is 9.96. The van der Waals surface area contributed by atoms with Crippen molar-refractivity contribution in [3.63, 3.8) is 0 Å². The van der Waals surface area contributed by atoms with E-state index in [2.05, 4.69) is 20.6 Å². The lowest BCUT2D eigenvalue weighted by molar-refractivity contribution is -0.141. The Balaban J connectivity index is 1.64. The maximum Gasteiger partial charge on any atom is 0.411 e. The fraction of sp³-hybridized carbons (Fsp3) is 0.393. The SMILES string of the molecule is CCCNC(=O)Nc1cc(C2=NC(C(F)(F)F)CS2)c(-c2ccc3c(c2)c(=O)c(C(=O)O)cn3C2CCOCC2)cn1. The highest BCUT2D eigenvalue weighted by atomic mass is 32.2. The molecule has 0 radical (unpaired) electrons. The molecule has 5 rings (SSSR count). The van der Waals surface area contributed by atoms with Crippen LogP contribution in [0.2, 0.25) is 0 Å². The number of nitrogens with one attached hydrogen (secondary N) is 2. The smallest absolute Gasteiger partial charge is 0.411 e. The molecule has 0 spiro atoms. The molecule has 4 heterocycles. The number of benzene rings is 1. The maximum atomic E-state index is 13.5. The van der Waals surface area contributed by atoms with Crippen LogP contribution in [-0.2, 0) is 4.74 Å². The fourth-order valence-corrected chi connectivity index (χ4v) is 6.06. The zero-order valence-electron chi connectivity index (χ0n) is 22.5. The fourth-order valence-electron chi connectivity index (χ4n) is 4.96. The number of anilines is 1. The van der Waals surface area contributed by atoms with Crippen LogP contribution in [0.1, 0.15) is 48.1 Å². The zero-order valence-corrected chi connectivity index (χ0v) is 23.3. The number of aliphatic imine (C=N–C) groups is 1. The van der Waals surface area contributed by atoms with Crippen LogP contribution in [0, 0.1) is 0 Å². The number of aromatic nitrogens is 2. The molecular formula is C28H28F3N5O5S. The van der Waals surface area contributed by atoms with Crippen LogP contribution in [0.25, 0.3) is 22.0 Å². The number of hydrogen-bond acceptors (Lipinski definition) is 7. The number of halogens is 3. The quantitative estimate of drug-likeness (QED) is 0.343. The number of fused-ring (bicyclic) bond motifs is 1. The Morgan fingerprint density at radius 2 is 1.95 bits per heavy atom. The molecule has 1 saturated heterocycles. The first-order valence-corrected chi connectivity index (χ1v) is 14.4. The Hall–Kier alpha value is -3.91. The number of ether oxygens (including phenoxy) is 1. The molecule has 10 nitrogen and oxygen atoms in total. The van der Waals surface area contributed by atoms with E-state index in [1.165, 1.54) is 24.5 Å². The molecule has 3 aromatic rings. The van der Waals surface area contributed by atoms with Gasteiger partial charge < -0.3 is 19.7 Å². The minimum atomic E-state index is -4.52. The predicted molar refractivity (Wildman–Crippen MR) is 154 cm³/mol. The molecule has 1 aromatic carbocycles. The molecule has 2 aliphatic heterocycles. The molecule has 14 heteroatoms. The highest BCUT2D eigenvalue weighted by Gasteiger charge is 2.43. The van der Waals surface area contributed by atoms with Crippen molar-refractivity contribution in [1.29, 1.82) is 0 Å². The van der Waals surface area contributed by atoms with Gasteiger partial charge in [0, 0.05) is 60.5 Å². The Morgan fingerprint density at radius 1 is 1.19 bits per heavy atom. The van der Waals surface area contributed by atoms with Crippen molar-refractivity contribution in [2.24, 2.45) is 4.99 Å². The summed E-state index contributed by atoms with van der Waals surface area (Å²) in [6, 6.07) is 3.91. The summed E-state index contributed by atoms with van der Waals surface area (Å²) in [5.74, 6) is -1.55. The molecular weight excluding hydrogens is 575 g/mol. The van der Waals surface area contributed by atoms with Gasteiger partial charge in [0.25, 0.3) is 0 Å². The van der Waals surface area contributed by atoms with E-state index in [1.807, 2.05) is 6.92 Å². The van der Waals surface area contributed by atoms with Gasteiger partial charge in [0.05, 0.1) is 10.6 Å². The Bertz CT molecular complexity index is 1620. The van der Waals surface area contributed by atoms with Crippen molar-refractivity contribution in [2.45, 2.75) is 44.4 Å². The van der Waals surface area contributed by atoms with Crippen LogP contribution in [0.5, 0.6) is 0 Å². The Kier molecular flexibility index (Phi) is 8.55. The monoisotopic (exact) mass is 603 g/mol. The number of rotatable bonds is 7. The van der Waals surface area contributed by atoms with Crippen molar-refractivity contribution in [3.05, 3.63) is 58.0 Å². The average molecular weight is 604 g/mol. The van der Waals surface area contributed by atoms with E-state index in [1.54, 1.807) is 16.7 Å². The van der Waals surface area contributed by atoms with Crippen molar-refractivity contribution in [2.75, 3.05) is 30.8 Å². The van der Waals surface area contributed by atoms with Crippen LogP contribution in [0.15, 0.2) is 46.4 Å². The number of carbonyl (C=O) groups excluding carboxylic acids is 1. The molecule has 0 saturated carbocycles. The molecule has 3 N–H and O–H groups in total. The van der Waals surface area contributed by atoms with E-state index in [0.717, 1.165) is 11.8 Å². The Labute approximate surface area is 242 Å². The highest BCUT2D eigenvalue weighted by molar-refractivity contribution is 8.14. The van der Waals surface area contributed by atoms with E-state index < -0.39 is 29.6 Å². The van der Waals surface area contributed by atoms with Gasteiger partial charge in [0.2, 0.25) is 5.43 Å². The molecule has 1 fully saturated rings. The summed E-state index contributed by atoms with van der Waals surface area (Å²) in [6.07, 6.45) is 0.234. The number of aromatic carboxylic acids is 1. The lowest BCUT2D eigenvalue weighted by Crippen LogP contribution is -2.29. The second-order valence-corrected chi connectivity index (χ2v) is 11.0. The lowest BCUT2D eigenvalue weighted by Gasteiger charge is -2.27. The molecule has 0 bridgehead atoms. The summed E-state index contributed by atoms with van der Waals surface area (Å²) in [6.45, 7) is 3.32. The van der Waals surface area contributed by atoms with Crippen molar-refractivity contribution >= 4 is 45.5 Å². The van der Waals surface area contributed by atoms with E-state index in [9.17, 15) is 32.7 Å². The predicted octanol–water partition coefficient (Wildman–Crippen LogP) is 5.07. The normalized spacial score (nSPS) is 17.7. The number of amides is 2. The first-order chi connectivity index (χ1) is 20.1. The third-order valence-electron chi connectivity index (χ3n) is 7.10. The van der Waals surface area contributed by atoms with Gasteiger partial charge in [-0.3, -0.25) is 15.1 Å². The molecule has 1 atom stereocenters. The minimum absolute atomic E-state index is 0.0733. The van der Waals surface area contributed by atoms with Crippen molar-refractivity contribution in [3.8, 4) is 11.1 Å². The van der Waals surface area contributed by atoms with Gasteiger partial charge in [-0.1, -0.05) is 13.0 Å². The summed E-state index contributed by atoms with van der Waals surface area (Å²) in [7, 11) is 0. The number of nitrogens with zero attached hydrogens (tertiary/aromatic N) is 3. The summed E-state index contributed by atoms with van der Waals surface area (Å²) in [5.41, 5.74) is 0.586. The number of alkyl halides is 3. The van der Waals surface area contributed by atoms with Crippen molar-refractivity contribution in [1.82, 2.24) is 14.9 Å². The third-order valence-corrected chi connectivity index (χ3v) is 8.18. The molecule has 1 unspecified atom stereocenters. The molecule has 0 aliphatic carbocycles. The highest BCUT2D eigenvalue weighted by Crippen LogP contribution is 2.37. The van der Waals surface area contributed by atoms with Gasteiger partial charge >= 0.3 is 18.2 Å². The maximum absolute atomic E-state index is 13.5. The van der Waals surface area contributed by atoms with Crippen LogP contribution in [0.3, 0.4) is 0 Å². The van der Waals surface area contributed by atoms with E-state index in [4.69, 9.17) is 4.74 Å². The van der Waals surface area contributed by atoms with Gasteiger partial charge in [0.15, 0.2) is 6.04 Å². The summed E-state index contributed by atoms with van der Waals surface area (Å²) in [4.78, 5) is 45.7. The summed E-state index contributed by atoms with van der Waals surface area (Å²) in [5, 5.41) is 15.3. The number of urea groups is 1. The van der Waals surface area contributed by atoms with Crippen LogP contribution < -0.4 is 16.1 Å². The average Bonchev–Trinajstić information content (AvgIpc) is 3.48. The largest absolute Gasteiger partial charge is 0.477 e. The summed E-state index contributed by atoms with van der Waals surface area (Å²) >= 11 is 0.934. The topological polar surface area (TPSA) is 135 Å². The van der Waals surface area contributed by atoms with Crippen LogP contribution >= 0.6 is 11.8 Å². The number of hydrogen-bond donors (Lipinski definition) is 3.